The maximum atomic E-state index is 11.8. The molecular formula is C14H17ClN2O2. The molecule has 1 atom stereocenters. The van der Waals surface area contributed by atoms with Crippen molar-refractivity contribution in [2.75, 3.05) is 6.54 Å². The molecular weight excluding hydrogens is 264 g/mol. The molecule has 0 spiro atoms. The molecule has 2 N–H and O–H groups in total. The maximum Gasteiger partial charge on any atom is 0.251 e. The van der Waals surface area contributed by atoms with Crippen molar-refractivity contribution in [3.05, 3.63) is 34.9 Å². The summed E-state index contributed by atoms with van der Waals surface area (Å²) in [5.41, 5.74) is 0.493. The van der Waals surface area contributed by atoms with Crippen molar-refractivity contribution in [2.24, 2.45) is 5.92 Å². The van der Waals surface area contributed by atoms with Crippen molar-refractivity contribution < 1.29 is 9.59 Å². The second kappa shape index (κ2) is 6.06. The van der Waals surface area contributed by atoms with Gasteiger partial charge in [0.2, 0.25) is 5.91 Å². The average molecular weight is 281 g/mol. The molecule has 5 heteroatoms. The highest BCUT2D eigenvalue weighted by molar-refractivity contribution is 6.30. The fraction of sp³-hybridized carbons (Fsp3) is 0.429. The lowest BCUT2D eigenvalue weighted by Gasteiger charge is -2.13. The van der Waals surface area contributed by atoms with E-state index in [-0.39, 0.29) is 24.4 Å². The van der Waals surface area contributed by atoms with Crippen LogP contribution < -0.4 is 10.6 Å². The molecule has 0 unspecified atom stereocenters. The van der Waals surface area contributed by atoms with Crippen LogP contribution in [0.25, 0.3) is 0 Å². The molecule has 1 fully saturated rings. The minimum Gasteiger partial charge on any atom is -0.352 e. The van der Waals surface area contributed by atoms with Crippen LogP contribution >= 0.6 is 11.6 Å². The number of nitrogens with one attached hydrogen (secondary N) is 2. The highest BCUT2D eigenvalue weighted by atomic mass is 35.5. The molecule has 0 aliphatic heterocycles. The number of carbonyl (C=O) groups is 2. The summed E-state index contributed by atoms with van der Waals surface area (Å²) in [5.74, 6) is 0.184. The molecule has 2 rings (SSSR count). The van der Waals surface area contributed by atoms with Crippen molar-refractivity contribution in [1.29, 1.82) is 0 Å². The van der Waals surface area contributed by atoms with Crippen molar-refractivity contribution in [2.45, 2.75) is 25.8 Å². The molecule has 19 heavy (non-hydrogen) atoms. The largest absolute Gasteiger partial charge is 0.352 e. The van der Waals surface area contributed by atoms with Crippen LogP contribution in [-0.4, -0.2) is 24.4 Å². The van der Waals surface area contributed by atoms with E-state index in [0.717, 1.165) is 0 Å². The predicted octanol–water partition coefficient (Wildman–Crippen LogP) is 1.98. The van der Waals surface area contributed by atoms with Crippen molar-refractivity contribution in [3.8, 4) is 0 Å². The molecule has 102 valence electrons. The number of benzene rings is 1. The van der Waals surface area contributed by atoms with Gasteiger partial charge in [0.1, 0.15) is 0 Å². The van der Waals surface area contributed by atoms with Crippen molar-refractivity contribution in [3.63, 3.8) is 0 Å². The van der Waals surface area contributed by atoms with Crippen LogP contribution in [0.2, 0.25) is 5.02 Å². The first kappa shape index (κ1) is 13.9. The van der Waals surface area contributed by atoms with E-state index >= 15 is 0 Å². The van der Waals surface area contributed by atoms with Gasteiger partial charge in [-0.3, -0.25) is 9.59 Å². The van der Waals surface area contributed by atoms with Gasteiger partial charge in [-0.1, -0.05) is 11.6 Å². The Morgan fingerprint density at radius 3 is 2.53 bits per heavy atom. The van der Waals surface area contributed by atoms with Gasteiger partial charge in [0, 0.05) is 16.6 Å². The molecule has 1 saturated carbocycles. The molecule has 1 aromatic rings. The molecule has 0 bridgehead atoms. The quantitative estimate of drug-likeness (QED) is 0.866. The molecule has 0 aromatic heterocycles. The van der Waals surface area contributed by atoms with Crippen molar-refractivity contribution in [1.82, 2.24) is 10.6 Å². The van der Waals surface area contributed by atoms with E-state index in [2.05, 4.69) is 10.6 Å². The SMILES string of the molecule is C[C@H](NC(=O)CNC(=O)c1ccc(Cl)cc1)C1CC1. The fourth-order valence-electron chi connectivity index (χ4n) is 1.88. The van der Waals surface area contributed by atoms with Gasteiger partial charge in [-0.2, -0.15) is 0 Å². The number of amides is 2. The van der Waals surface area contributed by atoms with Gasteiger partial charge in [0.15, 0.2) is 0 Å². The van der Waals surface area contributed by atoms with Gasteiger partial charge in [-0.05, 0) is 49.9 Å². The summed E-state index contributed by atoms with van der Waals surface area (Å²) < 4.78 is 0. The van der Waals surface area contributed by atoms with Crippen LogP contribution in [0.15, 0.2) is 24.3 Å². The van der Waals surface area contributed by atoms with Gasteiger partial charge in [0.05, 0.1) is 6.54 Å². The third-order valence-corrected chi connectivity index (χ3v) is 3.49. The van der Waals surface area contributed by atoms with E-state index in [1.807, 2.05) is 6.92 Å². The highest BCUT2D eigenvalue weighted by Gasteiger charge is 2.28. The van der Waals surface area contributed by atoms with E-state index in [9.17, 15) is 9.59 Å². The first-order valence-corrected chi connectivity index (χ1v) is 6.77. The van der Waals surface area contributed by atoms with E-state index in [0.29, 0.717) is 16.5 Å². The normalized spacial score (nSPS) is 15.7. The van der Waals surface area contributed by atoms with E-state index in [1.54, 1.807) is 24.3 Å². The Labute approximate surface area is 117 Å². The zero-order valence-corrected chi connectivity index (χ0v) is 11.5. The summed E-state index contributed by atoms with van der Waals surface area (Å²) in [6.07, 6.45) is 2.36. The van der Waals surface area contributed by atoms with E-state index < -0.39 is 0 Å². The zero-order chi connectivity index (χ0) is 13.8. The Morgan fingerprint density at radius 1 is 1.32 bits per heavy atom. The number of hydrogen-bond acceptors (Lipinski definition) is 2. The second-order valence-corrected chi connectivity index (χ2v) is 5.32. The van der Waals surface area contributed by atoms with Crippen molar-refractivity contribution >= 4 is 23.4 Å². The monoisotopic (exact) mass is 280 g/mol. The lowest BCUT2D eigenvalue weighted by molar-refractivity contribution is -0.120. The van der Waals surface area contributed by atoms with Crippen LogP contribution in [0.4, 0.5) is 0 Å². The summed E-state index contributed by atoms with van der Waals surface area (Å²) >= 11 is 5.74. The van der Waals surface area contributed by atoms with E-state index in [4.69, 9.17) is 11.6 Å². The molecule has 2 amide bonds. The third-order valence-electron chi connectivity index (χ3n) is 3.23. The Hall–Kier alpha value is -1.55. The summed E-state index contributed by atoms with van der Waals surface area (Å²) in [7, 11) is 0. The predicted molar refractivity (Wildman–Crippen MR) is 74.1 cm³/mol. The first-order valence-electron chi connectivity index (χ1n) is 6.39. The standard InChI is InChI=1S/C14H17ClN2O2/c1-9(10-2-3-10)17-13(18)8-16-14(19)11-4-6-12(15)7-5-11/h4-7,9-10H,2-3,8H2,1H3,(H,16,19)(H,17,18)/t9-/m0/s1. The Morgan fingerprint density at radius 2 is 1.95 bits per heavy atom. The van der Waals surface area contributed by atoms with Crippen LogP contribution in [-0.2, 0) is 4.79 Å². The Balaban J connectivity index is 1.76. The maximum absolute atomic E-state index is 11.8. The number of carbonyl (C=O) groups excluding carboxylic acids is 2. The topological polar surface area (TPSA) is 58.2 Å². The number of halogens is 1. The summed E-state index contributed by atoms with van der Waals surface area (Å²) in [6.45, 7) is 2.00. The molecule has 4 nitrogen and oxygen atoms in total. The average Bonchev–Trinajstić information content (AvgIpc) is 3.21. The highest BCUT2D eigenvalue weighted by Crippen LogP contribution is 2.32. The van der Waals surface area contributed by atoms with Gasteiger partial charge in [0.25, 0.3) is 5.91 Å². The summed E-state index contributed by atoms with van der Waals surface area (Å²) in [6, 6.07) is 6.74. The summed E-state index contributed by atoms with van der Waals surface area (Å²) in [5, 5.41) is 6.05. The smallest absolute Gasteiger partial charge is 0.251 e. The fourth-order valence-corrected chi connectivity index (χ4v) is 2.01. The third kappa shape index (κ3) is 4.24. The summed E-state index contributed by atoms with van der Waals surface area (Å²) in [4.78, 5) is 23.4. The molecule has 1 aromatic carbocycles. The Kier molecular flexibility index (Phi) is 4.43. The Bertz CT molecular complexity index is 469. The van der Waals surface area contributed by atoms with Crippen LogP contribution in [0.3, 0.4) is 0 Å². The zero-order valence-electron chi connectivity index (χ0n) is 10.8. The molecule has 1 aliphatic carbocycles. The van der Waals surface area contributed by atoms with Crippen LogP contribution in [0, 0.1) is 5.92 Å². The second-order valence-electron chi connectivity index (χ2n) is 4.88. The van der Waals surface area contributed by atoms with Crippen LogP contribution in [0.1, 0.15) is 30.1 Å². The molecule has 1 aliphatic rings. The lowest BCUT2D eigenvalue weighted by Crippen LogP contribution is -2.41. The van der Waals surface area contributed by atoms with Crippen LogP contribution in [0.5, 0.6) is 0 Å². The van der Waals surface area contributed by atoms with Gasteiger partial charge >= 0.3 is 0 Å². The number of rotatable bonds is 5. The first-order chi connectivity index (χ1) is 9.06. The van der Waals surface area contributed by atoms with E-state index in [1.165, 1.54) is 12.8 Å². The molecule has 0 saturated heterocycles. The minimum atomic E-state index is -0.272. The van der Waals surface area contributed by atoms with Gasteiger partial charge in [-0.15, -0.1) is 0 Å². The molecule has 0 radical (unpaired) electrons. The van der Waals surface area contributed by atoms with Gasteiger partial charge < -0.3 is 10.6 Å². The van der Waals surface area contributed by atoms with Gasteiger partial charge in [-0.25, -0.2) is 0 Å². The lowest BCUT2D eigenvalue weighted by atomic mass is 10.2. The molecule has 0 heterocycles. The minimum absolute atomic E-state index is 0.00147. The number of hydrogen-bond donors (Lipinski definition) is 2.